The zero-order chi connectivity index (χ0) is 17.7. The normalized spacial score (nSPS) is 10.5. The lowest BCUT2D eigenvalue weighted by atomic mass is 10.1. The highest BCUT2D eigenvalue weighted by Gasteiger charge is 2.20. The van der Waals surface area contributed by atoms with Crippen molar-refractivity contribution in [2.45, 2.75) is 33.6 Å². The fourth-order valence-corrected chi connectivity index (χ4v) is 2.41. The molecule has 0 fully saturated rings. The Bertz CT molecular complexity index is 738. The number of hydrogen-bond acceptors (Lipinski definition) is 5. The number of benzene rings is 1. The fourth-order valence-electron chi connectivity index (χ4n) is 2.28. The largest absolute Gasteiger partial charge is 0.466 e. The summed E-state index contributed by atoms with van der Waals surface area (Å²) < 4.78 is 11.8. The van der Waals surface area contributed by atoms with E-state index in [0.717, 1.165) is 0 Å². The van der Waals surface area contributed by atoms with Gasteiger partial charge in [-0.3, -0.25) is 9.59 Å². The molecule has 2 aromatic rings. The first-order valence-electron chi connectivity index (χ1n) is 7.60. The van der Waals surface area contributed by atoms with Crippen molar-refractivity contribution in [2.75, 3.05) is 6.61 Å². The van der Waals surface area contributed by atoms with Gasteiger partial charge in [-0.15, -0.1) is 0 Å². The Hall–Kier alpha value is -2.34. The van der Waals surface area contributed by atoms with Gasteiger partial charge in [0.1, 0.15) is 0 Å². The minimum absolute atomic E-state index is 0.190. The third-order valence-electron chi connectivity index (χ3n) is 3.33. The molecule has 0 saturated heterocycles. The molecule has 0 radical (unpaired) electrons. The van der Waals surface area contributed by atoms with Crippen LogP contribution in [0.3, 0.4) is 0 Å². The Labute approximate surface area is 145 Å². The average Bonchev–Trinajstić information content (AvgIpc) is 2.82. The summed E-state index contributed by atoms with van der Waals surface area (Å²) in [5.74, 6) is -0.445. The number of nitrogens with zero attached hydrogens (tertiary/aromatic N) is 2. The fraction of sp³-hybridized carbons (Fsp3) is 0.353. The molecule has 1 heterocycles. The molecule has 0 aliphatic rings. The smallest absolute Gasteiger partial charge is 0.309 e. The first-order chi connectivity index (χ1) is 11.4. The summed E-state index contributed by atoms with van der Waals surface area (Å²) in [6.45, 7) is 5.22. The molecule has 128 valence electrons. The first kappa shape index (κ1) is 18.0. The molecule has 24 heavy (non-hydrogen) atoms. The maximum Gasteiger partial charge on any atom is 0.309 e. The van der Waals surface area contributed by atoms with Crippen LogP contribution in [0, 0.1) is 6.92 Å². The summed E-state index contributed by atoms with van der Waals surface area (Å²) in [4.78, 5) is 23.1. The van der Waals surface area contributed by atoms with Crippen molar-refractivity contribution in [1.29, 1.82) is 0 Å². The number of hydrogen-bond donors (Lipinski definition) is 0. The Balaban J connectivity index is 2.37. The SMILES string of the molecule is CCOC(=O)CCc1c(C)nn(-c2ccc(Cl)cc2)c1OC(C)=O. The Kier molecular flexibility index (Phi) is 5.98. The maximum absolute atomic E-state index is 11.6. The molecule has 0 amide bonds. The minimum Gasteiger partial charge on any atom is -0.466 e. The Morgan fingerprint density at radius 2 is 1.92 bits per heavy atom. The van der Waals surface area contributed by atoms with Gasteiger partial charge >= 0.3 is 11.9 Å². The molecule has 1 aromatic heterocycles. The zero-order valence-corrected chi connectivity index (χ0v) is 14.6. The summed E-state index contributed by atoms with van der Waals surface area (Å²) in [6.07, 6.45) is 0.566. The van der Waals surface area contributed by atoms with E-state index in [4.69, 9.17) is 21.1 Å². The van der Waals surface area contributed by atoms with Gasteiger partial charge in [0.25, 0.3) is 0 Å². The molecule has 0 atom stereocenters. The second-order valence-corrected chi connectivity index (χ2v) is 5.59. The number of halogens is 1. The van der Waals surface area contributed by atoms with Crippen LogP contribution in [0.25, 0.3) is 5.69 Å². The van der Waals surface area contributed by atoms with E-state index >= 15 is 0 Å². The quantitative estimate of drug-likeness (QED) is 0.748. The van der Waals surface area contributed by atoms with E-state index in [1.165, 1.54) is 11.6 Å². The molecular formula is C17H19ClN2O4. The van der Waals surface area contributed by atoms with E-state index in [2.05, 4.69) is 5.10 Å². The van der Waals surface area contributed by atoms with Crippen molar-refractivity contribution in [3.05, 3.63) is 40.5 Å². The van der Waals surface area contributed by atoms with Gasteiger partial charge in [0.05, 0.1) is 18.0 Å². The van der Waals surface area contributed by atoms with Gasteiger partial charge in [0.2, 0.25) is 5.88 Å². The molecule has 7 heteroatoms. The average molecular weight is 351 g/mol. The van der Waals surface area contributed by atoms with Crippen molar-refractivity contribution in [2.24, 2.45) is 0 Å². The molecule has 0 spiro atoms. The molecule has 0 unspecified atom stereocenters. The second kappa shape index (κ2) is 7.97. The maximum atomic E-state index is 11.6. The predicted octanol–water partition coefficient (Wildman–Crippen LogP) is 3.26. The molecule has 0 N–H and O–H groups in total. The molecule has 2 rings (SSSR count). The highest BCUT2D eigenvalue weighted by Crippen LogP contribution is 2.28. The molecule has 6 nitrogen and oxygen atoms in total. The second-order valence-electron chi connectivity index (χ2n) is 5.16. The van der Waals surface area contributed by atoms with E-state index in [0.29, 0.717) is 40.9 Å². The van der Waals surface area contributed by atoms with Crippen LogP contribution in [0.5, 0.6) is 5.88 Å². The molecule has 0 aliphatic carbocycles. The number of esters is 2. The van der Waals surface area contributed by atoms with Crippen LogP contribution < -0.4 is 4.74 Å². The predicted molar refractivity (Wildman–Crippen MR) is 89.6 cm³/mol. The third-order valence-corrected chi connectivity index (χ3v) is 3.59. The van der Waals surface area contributed by atoms with Crippen molar-refractivity contribution in [3.63, 3.8) is 0 Å². The molecule has 0 bridgehead atoms. The van der Waals surface area contributed by atoms with Crippen molar-refractivity contribution in [1.82, 2.24) is 9.78 Å². The van der Waals surface area contributed by atoms with E-state index < -0.39 is 5.97 Å². The van der Waals surface area contributed by atoms with E-state index in [9.17, 15) is 9.59 Å². The molecule has 1 aromatic carbocycles. The minimum atomic E-state index is -0.456. The van der Waals surface area contributed by atoms with Gasteiger partial charge < -0.3 is 9.47 Å². The van der Waals surface area contributed by atoms with Gasteiger partial charge in [-0.25, -0.2) is 4.68 Å². The van der Waals surface area contributed by atoms with Gasteiger partial charge in [-0.05, 0) is 44.5 Å². The summed E-state index contributed by atoms with van der Waals surface area (Å²) in [6, 6.07) is 7.00. The monoisotopic (exact) mass is 350 g/mol. The Morgan fingerprint density at radius 3 is 2.50 bits per heavy atom. The number of carbonyl (C=O) groups excluding carboxylic acids is 2. The summed E-state index contributed by atoms with van der Waals surface area (Å²) in [7, 11) is 0. The first-order valence-corrected chi connectivity index (χ1v) is 7.98. The lowest BCUT2D eigenvalue weighted by molar-refractivity contribution is -0.143. The van der Waals surface area contributed by atoms with Gasteiger partial charge in [-0.2, -0.15) is 5.10 Å². The number of aromatic nitrogens is 2. The van der Waals surface area contributed by atoms with Crippen LogP contribution in [0.2, 0.25) is 5.02 Å². The summed E-state index contributed by atoms with van der Waals surface area (Å²) in [5, 5.41) is 5.03. The number of ether oxygens (including phenoxy) is 2. The van der Waals surface area contributed by atoms with Crippen molar-refractivity contribution < 1.29 is 19.1 Å². The molecule has 0 saturated carbocycles. The van der Waals surface area contributed by atoms with Crippen LogP contribution in [-0.4, -0.2) is 28.3 Å². The number of carbonyl (C=O) groups is 2. The van der Waals surface area contributed by atoms with Crippen LogP contribution in [0.15, 0.2) is 24.3 Å². The van der Waals surface area contributed by atoms with Crippen molar-refractivity contribution >= 4 is 23.5 Å². The summed E-state index contributed by atoms with van der Waals surface area (Å²) >= 11 is 5.91. The number of rotatable bonds is 6. The lowest BCUT2D eigenvalue weighted by Crippen LogP contribution is -2.10. The number of aryl methyl sites for hydroxylation is 1. The van der Waals surface area contributed by atoms with Gasteiger partial charge in [0.15, 0.2) is 0 Å². The van der Waals surface area contributed by atoms with Crippen molar-refractivity contribution in [3.8, 4) is 11.6 Å². The van der Waals surface area contributed by atoms with Crippen LogP contribution in [0.4, 0.5) is 0 Å². The lowest BCUT2D eigenvalue weighted by Gasteiger charge is -2.09. The molecular weight excluding hydrogens is 332 g/mol. The van der Waals surface area contributed by atoms with Gasteiger partial charge in [0, 0.05) is 23.9 Å². The zero-order valence-electron chi connectivity index (χ0n) is 13.8. The topological polar surface area (TPSA) is 70.4 Å². The third kappa shape index (κ3) is 4.35. The van der Waals surface area contributed by atoms with Gasteiger partial charge in [-0.1, -0.05) is 11.6 Å². The van der Waals surface area contributed by atoms with E-state index in [1.54, 1.807) is 38.1 Å². The summed E-state index contributed by atoms with van der Waals surface area (Å²) in [5.41, 5.74) is 2.10. The van der Waals surface area contributed by atoms with Crippen LogP contribution in [0.1, 0.15) is 31.5 Å². The van der Waals surface area contributed by atoms with Crippen LogP contribution >= 0.6 is 11.6 Å². The highest BCUT2D eigenvalue weighted by atomic mass is 35.5. The standard InChI is InChI=1S/C17H19ClN2O4/c1-4-23-16(22)10-9-15-11(2)19-20(17(15)24-12(3)21)14-7-5-13(18)6-8-14/h5-8H,4,9-10H2,1-3H3. The van der Waals surface area contributed by atoms with Crippen LogP contribution in [-0.2, 0) is 20.7 Å². The molecule has 0 aliphatic heterocycles. The van der Waals surface area contributed by atoms with E-state index in [-0.39, 0.29) is 12.4 Å². The highest BCUT2D eigenvalue weighted by molar-refractivity contribution is 6.30. The Morgan fingerprint density at radius 1 is 1.25 bits per heavy atom. The van der Waals surface area contributed by atoms with E-state index in [1.807, 2.05) is 0 Å².